The number of rotatable bonds is 4. The first-order valence-electron chi connectivity index (χ1n) is 8.54. The molecule has 24 heavy (non-hydrogen) atoms. The van der Waals surface area contributed by atoms with E-state index in [0.717, 1.165) is 30.4 Å². The predicted octanol–water partition coefficient (Wildman–Crippen LogP) is 2.95. The van der Waals surface area contributed by atoms with Gasteiger partial charge in [0.15, 0.2) is 11.5 Å². The van der Waals surface area contributed by atoms with Crippen LogP contribution in [0.15, 0.2) is 36.4 Å². The summed E-state index contributed by atoms with van der Waals surface area (Å²) in [6, 6.07) is 11.8. The first-order valence-corrected chi connectivity index (χ1v) is 8.54. The molecule has 5 nitrogen and oxygen atoms in total. The highest BCUT2D eigenvalue weighted by Crippen LogP contribution is 2.20. The number of amides is 1. The van der Waals surface area contributed by atoms with Crippen LogP contribution in [0.3, 0.4) is 0 Å². The van der Waals surface area contributed by atoms with Crippen LogP contribution in [0.25, 0.3) is 0 Å². The van der Waals surface area contributed by atoms with Crippen molar-refractivity contribution in [3.8, 4) is 0 Å². The maximum atomic E-state index is 12.2. The van der Waals surface area contributed by atoms with Gasteiger partial charge in [-0.1, -0.05) is 36.8 Å². The normalized spacial score (nSPS) is 15.3. The minimum Gasteiger partial charge on any atom is -0.355 e. The van der Waals surface area contributed by atoms with Gasteiger partial charge in [0.1, 0.15) is 0 Å². The Hall–Kier alpha value is -2.43. The Balaban J connectivity index is 1.56. The van der Waals surface area contributed by atoms with Gasteiger partial charge in [0, 0.05) is 19.6 Å². The van der Waals surface area contributed by atoms with Crippen molar-refractivity contribution >= 4 is 11.7 Å². The van der Waals surface area contributed by atoms with Crippen molar-refractivity contribution < 1.29 is 4.79 Å². The van der Waals surface area contributed by atoms with E-state index in [-0.39, 0.29) is 5.91 Å². The first kappa shape index (κ1) is 16.4. The van der Waals surface area contributed by atoms with Crippen LogP contribution in [-0.2, 0) is 6.54 Å². The highest BCUT2D eigenvalue weighted by molar-refractivity contribution is 5.92. The van der Waals surface area contributed by atoms with Crippen LogP contribution in [0.2, 0.25) is 0 Å². The lowest BCUT2D eigenvalue weighted by Gasteiger charge is -2.30. The number of aromatic nitrogens is 2. The quantitative estimate of drug-likeness (QED) is 0.939. The Morgan fingerprint density at radius 1 is 1.12 bits per heavy atom. The van der Waals surface area contributed by atoms with Crippen LogP contribution in [0, 0.1) is 12.8 Å². The van der Waals surface area contributed by atoms with Crippen molar-refractivity contribution in [2.75, 3.05) is 18.0 Å². The lowest BCUT2D eigenvalue weighted by molar-refractivity contribution is 0.0945. The topological polar surface area (TPSA) is 58.1 Å². The second-order valence-electron chi connectivity index (χ2n) is 6.61. The van der Waals surface area contributed by atoms with E-state index in [0.29, 0.717) is 12.2 Å². The summed E-state index contributed by atoms with van der Waals surface area (Å²) in [5.41, 5.74) is 2.64. The largest absolute Gasteiger partial charge is 0.355 e. The fraction of sp³-hybridized carbons (Fsp3) is 0.421. The molecule has 1 saturated heterocycles. The van der Waals surface area contributed by atoms with Gasteiger partial charge in [0.25, 0.3) is 5.91 Å². The number of nitrogens with one attached hydrogen (secondary N) is 1. The number of anilines is 1. The van der Waals surface area contributed by atoms with Crippen LogP contribution >= 0.6 is 0 Å². The van der Waals surface area contributed by atoms with Gasteiger partial charge in [-0.25, -0.2) is 0 Å². The van der Waals surface area contributed by atoms with E-state index in [1.165, 1.54) is 18.4 Å². The lowest BCUT2D eigenvalue weighted by atomic mass is 9.99. The SMILES string of the molecule is Cc1ccc(CNC(=O)c2ccc(N3CCC(C)CC3)nn2)cc1. The van der Waals surface area contributed by atoms with Gasteiger partial charge < -0.3 is 10.2 Å². The minimum absolute atomic E-state index is 0.193. The molecule has 1 aliphatic heterocycles. The number of carbonyl (C=O) groups excluding carboxylic acids is 1. The molecule has 5 heteroatoms. The highest BCUT2D eigenvalue weighted by atomic mass is 16.1. The summed E-state index contributed by atoms with van der Waals surface area (Å²) in [6.45, 7) is 6.84. The zero-order chi connectivity index (χ0) is 16.9. The van der Waals surface area contributed by atoms with Crippen LogP contribution in [0.5, 0.6) is 0 Å². The molecule has 1 aromatic carbocycles. The molecule has 0 radical (unpaired) electrons. The third kappa shape index (κ3) is 4.10. The van der Waals surface area contributed by atoms with Crippen molar-refractivity contribution in [1.29, 1.82) is 0 Å². The zero-order valence-corrected chi connectivity index (χ0v) is 14.3. The number of piperidine rings is 1. The second-order valence-corrected chi connectivity index (χ2v) is 6.61. The Morgan fingerprint density at radius 2 is 1.83 bits per heavy atom. The van der Waals surface area contributed by atoms with E-state index in [4.69, 9.17) is 0 Å². The summed E-state index contributed by atoms with van der Waals surface area (Å²) >= 11 is 0. The molecule has 0 atom stereocenters. The maximum Gasteiger partial charge on any atom is 0.272 e. The summed E-state index contributed by atoms with van der Waals surface area (Å²) in [6.07, 6.45) is 2.36. The molecule has 0 spiro atoms. The van der Waals surface area contributed by atoms with E-state index >= 15 is 0 Å². The number of benzene rings is 1. The highest BCUT2D eigenvalue weighted by Gasteiger charge is 2.17. The standard InChI is InChI=1S/C19H24N4O/c1-14-3-5-16(6-4-14)13-20-19(24)17-7-8-18(22-21-17)23-11-9-15(2)10-12-23/h3-8,15H,9-13H2,1-2H3,(H,20,24). The van der Waals surface area contributed by atoms with Gasteiger partial charge in [-0.3, -0.25) is 4.79 Å². The molecular formula is C19H24N4O. The van der Waals surface area contributed by atoms with Crippen LogP contribution < -0.4 is 10.2 Å². The Morgan fingerprint density at radius 3 is 2.46 bits per heavy atom. The van der Waals surface area contributed by atoms with Crippen LogP contribution in [0.1, 0.15) is 41.4 Å². The summed E-state index contributed by atoms with van der Waals surface area (Å²) in [5, 5.41) is 11.2. The van der Waals surface area contributed by atoms with Gasteiger partial charge in [0.2, 0.25) is 0 Å². The average Bonchev–Trinajstić information content (AvgIpc) is 2.62. The van der Waals surface area contributed by atoms with Crippen molar-refractivity contribution in [1.82, 2.24) is 15.5 Å². The number of nitrogens with zero attached hydrogens (tertiary/aromatic N) is 3. The van der Waals surface area contributed by atoms with E-state index in [1.54, 1.807) is 6.07 Å². The monoisotopic (exact) mass is 324 g/mol. The van der Waals surface area contributed by atoms with Gasteiger partial charge >= 0.3 is 0 Å². The fourth-order valence-corrected chi connectivity index (χ4v) is 2.83. The molecule has 2 aromatic rings. The Bertz CT molecular complexity index is 674. The van der Waals surface area contributed by atoms with E-state index in [9.17, 15) is 4.79 Å². The summed E-state index contributed by atoms with van der Waals surface area (Å²) in [7, 11) is 0. The summed E-state index contributed by atoms with van der Waals surface area (Å²) < 4.78 is 0. The third-order valence-corrected chi connectivity index (χ3v) is 4.56. The fourth-order valence-electron chi connectivity index (χ4n) is 2.83. The van der Waals surface area contributed by atoms with Crippen molar-refractivity contribution in [3.63, 3.8) is 0 Å². The van der Waals surface area contributed by atoms with E-state index < -0.39 is 0 Å². The van der Waals surface area contributed by atoms with Gasteiger partial charge in [0.05, 0.1) is 0 Å². The van der Waals surface area contributed by atoms with Gasteiger partial charge in [-0.2, -0.15) is 0 Å². The molecule has 1 fully saturated rings. The van der Waals surface area contributed by atoms with Crippen molar-refractivity contribution in [2.45, 2.75) is 33.2 Å². The molecule has 0 unspecified atom stereocenters. The van der Waals surface area contributed by atoms with Gasteiger partial charge in [-0.05, 0) is 43.4 Å². The molecule has 0 saturated carbocycles. The van der Waals surface area contributed by atoms with Crippen LogP contribution in [-0.4, -0.2) is 29.2 Å². The second kappa shape index (κ2) is 7.43. The molecule has 1 amide bonds. The molecular weight excluding hydrogens is 300 g/mol. The third-order valence-electron chi connectivity index (χ3n) is 4.56. The lowest BCUT2D eigenvalue weighted by Crippen LogP contribution is -2.33. The van der Waals surface area contributed by atoms with Crippen LogP contribution in [0.4, 0.5) is 5.82 Å². The van der Waals surface area contributed by atoms with Gasteiger partial charge in [-0.15, -0.1) is 10.2 Å². The van der Waals surface area contributed by atoms with Crippen molar-refractivity contribution in [3.05, 3.63) is 53.2 Å². The molecule has 0 aliphatic carbocycles. The Kier molecular flexibility index (Phi) is 5.08. The zero-order valence-electron chi connectivity index (χ0n) is 14.3. The molecule has 0 bridgehead atoms. The number of carbonyl (C=O) groups is 1. The molecule has 1 aromatic heterocycles. The number of hydrogen-bond acceptors (Lipinski definition) is 4. The smallest absolute Gasteiger partial charge is 0.272 e. The molecule has 1 aliphatic rings. The van der Waals surface area contributed by atoms with E-state index in [1.807, 2.05) is 37.3 Å². The average molecular weight is 324 g/mol. The Labute approximate surface area is 143 Å². The summed E-state index contributed by atoms with van der Waals surface area (Å²) in [4.78, 5) is 14.4. The predicted molar refractivity (Wildman–Crippen MR) is 95.0 cm³/mol. The minimum atomic E-state index is -0.193. The van der Waals surface area contributed by atoms with E-state index in [2.05, 4.69) is 27.3 Å². The number of hydrogen-bond donors (Lipinski definition) is 1. The maximum absolute atomic E-state index is 12.2. The molecule has 3 rings (SSSR count). The molecule has 2 heterocycles. The first-order chi connectivity index (χ1) is 11.6. The van der Waals surface area contributed by atoms with Crippen molar-refractivity contribution in [2.24, 2.45) is 5.92 Å². The molecule has 126 valence electrons. The number of aryl methyl sites for hydroxylation is 1. The molecule has 1 N–H and O–H groups in total. The summed E-state index contributed by atoms with van der Waals surface area (Å²) in [5.74, 6) is 1.44.